The van der Waals surface area contributed by atoms with Gasteiger partial charge in [0.2, 0.25) is 11.8 Å². The van der Waals surface area contributed by atoms with Crippen LogP contribution in [0.5, 0.6) is 0 Å². The minimum absolute atomic E-state index is 0.0421. The summed E-state index contributed by atoms with van der Waals surface area (Å²) in [5, 5.41) is 33.2. The molecule has 7 N–H and O–H groups in total. The number of nitrogens with one attached hydrogen (secondary N) is 2. The second kappa shape index (κ2) is 11.8. The van der Waals surface area contributed by atoms with Crippen LogP contribution in [0.4, 0.5) is 0 Å². The summed E-state index contributed by atoms with van der Waals surface area (Å²) in [7, 11) is 0. The van der Waals surface area contributed by atoms with Gasteiger partial charge in [0.25, 0.3) is 0 Å². The number of aliphatic carboxylic acids is 2. The standard InChI is InChI=1S/C24H27N3O7S/c25-17(24(33)34)9-10-19(28)27-18(23(32)26-11-20(29)30)12-35-22-16-8-4-2-6-14(16)13-5-1-3-7-15(13)21(22)31/h1-8,17-18,21-22,31H,9-12,25H2,(H,26,32)(H,27,28)(H,29,30)(H,33,34)/t17?,18?,21-,22-/m1/s1. The first kappa shape index (κ1) is 26.2. The Balaban J connectivity index is 1.76. The SMILES string of the molecule is NC(CCC(=O)NC(CS[C@@H]1c2ccccc2-c2ccccc2[C@H]1O)C(=O)NCC(=O)O)C(=O)O. The van der Waals surface area contributed by atoms with Crippen LogP contribution in [0.2, 0.25) is 0 Å². The average Bonchev–Trinajstić information content (AvgIpc) is 2.84. The molecule has 0 aromatic heterocycles. The van der Waals surface area contributed by atoms with Gasteiger partial charge in [0, 0.05) is 12.2 Å². The molecule has 11 heteroatoms. The molecule has 0 radical (unpaired) electrons. The molecule has 2 aromatic carbocycles. The molecule has 4 atom stereocenters. The number of fused-ring (bicyclic) bond motifs is 3. The van der Waals surface area contributed by atoms with Crippen LogP contribution in [-0.4, -0.2) is 63.5 Å². The summed E-state index contributed by atoms with van der Waals surface area (Å²) in [5.74, 6) is -3.73. The monoisotopic (exact) mass is 501 g/mol. The smallest absolute Gasteiger partial charge is 0.322 e. The van der Waals surface area contributed by atoms with Gasteiger partial charge in [-0.2, -0.15) is 0 Å². The normalized spacial score (nSPS) is 17.9. The summed E-state index contributed by atoms with van der Waals surface area (Å²) >= 11 is 1.26. The summed E-state index contributed by atoms with van der Waals surface area (Å²) < 4.78 is 0. The lowest BCUT2D eigenvalue weighted by Gasteiger charge is -2.33. The maximum Gasteiger partial charge on any atom is 0.322 e. The highest BCUT2D eigenvalue weighted by molar-refractivity contribution is 7.99. The molecular weight excluding hydrogens is 474 g/mol. The Morgan fingerprint density at radius 2 is 1.57 bits per heavy atom. The van der Waals surface area contributed by atoms with Crippen molar-refractivity contribution >= 4 is 35.5 Å². The number of thioether (sulfide) groups is 1. The molecule has 2 amide bonds. The summed E-state index contributed by atoms with van der Waals surface area (Å²) in [6, 6.07) is 12.8. The van der Waals surface area contributed by atoms with E-state index in [9.17, 15) is 24.3 Å². The predicted molar refractivity (Wildman–Crippen MR) is 129 cm³/mol. The molecule has 35 heavy (non-hydrogen) atoms. The van der Waals surface area contributed by atoms with Gasteiger partial charge in [0.1, 0.15) is 18.6 Å². The number of aliphatic hydroxyl groups excluding tert-OH is 1. The zero-order valence-electron chi connectivity index (χ0n) is 18.7. The van der Waals surface area contributed by atoms with Gasteiger partial charge in [-0.15, -0.1) is 11.8 Å². The van der Waals surface area contributed by atoms with Crippen molar-refractivity contribution in [1.82, 2.24) is 10.6 Å². The molecule has 0 saturated carbocycles. The number of amides is 2. The Kier molecular flexibility index (Phi) is 8.85. The van der Waals surface area contributed by atoms with E-state index in [0.717, 1.165) is 22.3 Å². The van der Waals surface area contributed by atoms with Gasteiger partial charge in [-0.1, -0.05) is 48.5 Å². The average molecular weight is 502 g/mol. The second-order valence-corrected chi connectivity index (χ2v) is 9.26. The lowest BCUT2D eigenvalue weighted by Crippen LogP contribution is -2.49. The third kappa shape index (κ3) is 6.59. The molecule has 2 unspecified atom stereocenters. The van der Waals surface area contributed by atoms with E-state index < -0.39 is 53.7 Å². The number of rotatable bonds is 11. The van der Waals surface area contributed by atoms with Crippen LogP contribution in [0.3, 0.4) is 0 Å². The van der Waals surface area contributed by atoms with Gasteiger partial charge in [-0.05, 0) is 28.7 Å². The number of carbonyl (C=O) groups is 4. The van der Waals surface area contributed by atoms with Crippen molar-refractivity contribution in [3.63, 3.8) is 0 Å². The molecule has 0 aliphatic heterocycles. The number of carbonyl (C=O) groups excluding carboxylic acids is 2. The lowest BCUT2D eigenvalue weighted by atomic mass is 9.83. The number of carboxylic acids is 2. The Labute approximate surface area is 205 Å². The molecule has 0 saturated heterocycles. The van der Waals surface area contributed by atoms with Crippen molar-refractivity contribution in [2.45, 2.75) is 36.3 Å². The first-order valence-corrected chi connectivity index (χ1v) is 12.0. The fourth-order valence-electron chi connectivity index (χ4n) is 3.85. The van der Waals surface area contributed by atoms with E-state index in [4.69, 9.17) is 15.9 Å². The van der Waals surface area contributed by atoms with Gasteiger partial charge < -0.3 is 31.7 Å². The zero-order valence-corrected chi connectivity index (χ0v) is 19.5. The third-order valence-corrected chi connectivity index (χ3v) is 7.03. The van der Waals surface area contributed by atoms with E-state index in [1.165, 1.54) is 11.8 Å². The van der Waals surface area contributed by atoms with Gasteiger partial charge in [-0.3, -0.25) is 19.2 Å². The number of benzene rings is 2. The topological polar surface area (TPSA) is 179 Å². The fourth-order valence-corrected chi connectivity index (χ4v) is 5.20. The Morgan fingerprint density at radius 3 is 2.20 bits per heavy atom. The number of nitrogens with two attached hydrogens (primary N) is 1. The molecule has 186 valence electrons. The number of hydrogen-bond acceptors (Lipinski definition) is 7. The molecule has 10 nitrogen and oxygen atoms in total. The molecule has 0 spiro atoms. The van der Waals surface area contributed by atoms with E-state index in [-0.39, 0.29) is 18.6 Å². The largest absolute Gasteiger partial charge is 0.480 e. The van der Waals surface area contributed by atoms with Crippen molar-refractivity contribution in [3.05, 3.63) is 59.7 Å². The lowest BCUT2D eigenvalue weighted by molar-refractivity contribution is -0.139. The van der Waals surface area contributed by atoms with Gasteiger partial charge >= 0.3 is 11.9 Å². The molecule has 2 aromatic rings. The highest BCUT2D eigenvalue weighted by Gasteiger charge is 2.34. The Hall–Kier alpha value is -3.41. The summed E-state index contributed by atoms with van der Waals surface area (Å²) in [6.45, 7) is -0.623. The molecule has 0 fully saturated rings. The molecule has 0 bridgehead atoms. The van der Waals surface area contributed by atoms with Crippen molar-refractivity contribution < 1.29 is 34.5 Å². The Morgan fingerprint density at radius 1 is 0.971 bits per heavy atom. The molecule has 3 rings (SSSR count). The van der Waals surface area contributed by atoms with Crippen molar-refractivity contribution in [3.8, 4) is 11.1 Å². The van der Waals surface area contributed by atoms with Gasteiger partial charge in [0.05, 0.1) is 11.4 Å². The van der Waals surface area contributed by atoms with Crippen LogP contribution >= 0.6 is 11.8 Å². The number of hydrogen-bond donors (Lipinski definition) is 6. The first-order chi connectivity index (χ1) is 16.7. The van der Waals surface area contributed by atoms with E-state index in [2.05, 4.69) is 10.6 Å². The molecule has 0 heterocycles. The van der Waals surface area contributed by atoms with E-state index in [0.29, 0.717) is 0 Å². The zero-order chi connectivity index (χ0) is 25.5. The first-order valence-electron chi connectivity index (χ1n) is 10.9. The van der Waals surface area contributed by atoms with Crippen LogP contribution in [0.15, 0.2) is 48.5 Å². The van der Waals surface area contributed by atoms with Crippen LogP contribution < -0.4 is 16.4 Å². The van der Waals surface area contributed by atoms with Crippen molar-refractivity contribution in [1.29, 1.82) is 0 Å². The van der Waals surface area contributed by atoms with Crippen LogP contribution in [0.25, 0.3) is 11.1 Å². The third-order valence-electron chi connectivity index (χ3n) is 5.63. The van der Waals surface area contributed by atoms with E-state index >= 15 is 0 Å². The van der Waals surface area contributed by atoms with Crippen molar-refractivity contribution in [2.24, 2.45) is 5.73 Å². The van der Waals surface area contributed by atoms with Gasteiger partial charge in [0.15, 0.2) is 0 Å². The maximum absolute atomic E-state index is 12.6. The molecule has 1 aliphatic rings. The van der Waals surface area contributed by atoms with Crippen molar-refractivity contribution in [2.75, 3.05) is 12.3 Å². The number of aliphatic hydroxyl groups is 1. The highest BCUT2D eigenvalue weighted by Crippen LogP contribution is 2.50. The summed E-state index contributed by atoms with van der Waals surface area (Å²) in [4.78, 5) is 46.8. The highest BCUT2D eigenvalue weighted by atomic mass is 32.2. The summed E-state index contributed by atoms with van der Waals surface area (Å²) in [5.41, 5.74) is 8.95. The van der Waals surface area contributed by atoms with E-state index in [1.54, 1.807) is 0 Å². The summed E-state index contributed by atoms with van der Waals surface area (Å²) in [6.07, 6.45) is -1.20. The van der Waals surface area contributed by atoms with E-state index in [1.807, 2.05) is 48.5 Å². The Bertz CT molecular complexity index is 1110. The fraction of sp³-hybridized carbons (Fsp3) is 0.333. The maximum atomic E-state index is 12.6. The van der Waals surface area contributed by atoms with Crippen LogP contribution in [0.1, 0.15) is 35.3 Å². The quantitative estimate of drug-likeness (QED) is 0.262. The minimum atomic E-state index is -1.24. The van der Waals surface area contributed by atoms with Gasteiger partial charge in [-0.25, -0.2) is 0 Å². The molecular formula is C24H27N3O7S. The van der Waals surface area contributed by atoms with Crippen LogP contribution in [-0.2, 0) is 19.2 Å². The number of carboxylic acid groups (broad SMARTS) is 2. The minimum Gasteiger partial charge on any atom is -0.480 e. The second-order valence-electron chi connectivity index (χ2n) is 8.09. The molecule has 1 aliphatic carbocycles. The van der Waals surface area contributed by atoms with Crippen LogP contribution in [0, 0.1) is 0 Å². The predicted octanol–water partition coefficient (Wildman–Crippen LogP) is 1.05.